The summed E-state index contributed by atoms with van der Waals surface area (Å²) in [5.41, 5.74) is 0. The van der Waals surface area contributed by atoms with E-state index in [9.17, 15) is 13.6 Å². The van der Waals surface area contributed by atoms with Gasteiger partial charge in [-0.25, -0.2) is 8.78 Å². The zero-order valence-electron chi connectivity index (χ0n) is 10.6. The van der Waals surface area contributed by atoms with E-state index in [4.69, 9.17) is 4.74 Å². The third-order valence-electron chi connectivity index (χ3n) is 2.42. The molecule has 102 valence electrons. The molecule has 0 aliphatic heterocycles. The third kappa shape index (κ3) is 9.39. The van der Waals surface area contributed by atoms with E-state index in [1.807, 2.05) is 0 Å². The number of esters is 1. The Hall–Kier alpha value is -0.320. The number of rotatable bonds is 10. The number of alkyl halides is 2. The number of ether oxygens (including phenoxy) is 1. The van der Waals surface area contributed by atoms with Gasteiger partial charge in [0.1, 0.15) is 5.25 Å². The highest BCUT2D eigenvalue weighted by Gasteiger charge is 2.18. The number of thioether (sulfide) groups is 1. The molecule has 1 unspecified atom stereocenters. The smallest absolute Gasteiger partial charge is 0.318 e. The van der Waals surface area contributed by atoms with Gasteiger partial charge in [0.05, 0.1) is 7.11 Å². The monoisotopic (exact) mass is 268 g/mol. The van der Waals surface area contributed by atoms with Crippen LogP contribution in [-0.4, -0.2) is 30.5 Å². The average Bonchev–Trinajstić information content (AvgIpc) is 2.31. The molecule has 0 amide bonds. The maximum Gasteiger partial charge on any atom is 0.318 e. The van der Waals surface area contributed by atoms with Crippen molar-refractivity contribution in [3.8, 4) is 0 Å². The summed E-state index contributed by atoms with van der Waals surface area (Å²) in [7, 11) is 1.39. The number of carbonyl (C=O) groups is 1. The van der Waals surface area contributed by atoms with Crippen molar-refractivity contribution in [1.29, 1.82) is 0 Å². The van der Waals surface area contributed by atoms with Crippen molar-refractivity contribution in [2.45, 2.75) is 57.1 Å². The molecule has 2 nitrogen and oxygen atoms in total. The van der Waals surface area contributed by atoms with Gasteiger partial charge in [-0.15, -0.1) is 11.8 Å². The number of hydrogen-bond donors (Lipinski definition) is 0. The molecule has 0 aromatic heterocycles. The molecule has 0 saturated heterocycles. The van der Waals surface area contributed by atoms with E-state index in [-0.39, 0.29) is 17.6 Å². The summed E-state index contributed by atoms with van der Waals surface area (Å²) in [4.78, 5) is 11.4. The van der Waals surface area contributed by atoms with Gasteiger partial charge in [0.25, 0.3) is 0 Å². The molecular weight excluding hydrogens is 246 g/mol. The van der Waals surface area contributed by atoms with Crippen LogP contribution in [0, 0.1) is 0 Å². The van der Waals surface area contributed by atoms with Crippen molar-refractivity contribution < 1.29 is 18.3 Å². The zero-order chi connectivity index (χ0) is 13.1. The molecule has 0 radical (unpaired) electrons. The van der Waals surface area contributed by atoms with Crippen LogP contribution in [0.15, 0.2) is 0 Å². The van der Waals surface area contributed by atoms with Crippen molar-refractivity contribution in [2.24, 2.45) is 0 Å². The van der Waals surface area contributed by atoms with Crippen LogP contribution in [-0.2, 0) is 9.53 Å². The van der Waals surface area contributed by atoms with Gasteiger partial charge in [-0.05, 0) is 25.0 Å². The summed E-state index contributed by atoms with van der Waals surface area (Å²) >= 11 is 1.53. The molecular formula is C12H22F2O2S. The number of hydrogen-bond acceptors (Lipinski definition) is 3. The SMILES string of the molecule is CCCCC(SCCCCC(F)F)C(=O)OC. The minimum Gasteiger partial charge on any atom is -0.468 e. The highest BCUT2D eigenvalue weighted by Crippen LogP contribution is 2.21. The largest absolute Gasteiger partial charge is 0.468 e. The zero-order valence-corrected chi connectivity index (χ0v) is 11.4. The summed E-state index contributed by atoms with van der Waals surface area (Å²) in [5.74, 6) is 0.549. The fourth-order valence-corrected chi connectivity index (χ4v) is 2.64. The van der Waals surface area contributed by atoms with E-state index in [1.165, 1.54) is 18.9 Å². The molecule has 5 heteroatoms. The van der Waals surface area contributed by atoms with Crippen molar-refractivity contribution in [3.63, 3.8) is 0 Å². The number of methoxy groups -OCH3 is 1. The first-order chi connectivity index (χ1) is 8.11. The van der Waals surface area contributed by atoms with Crippen LogP contribution in [0.4, 0.5) is 8.78 Å². The van der Waals surface area contributed by atoms with Crippen LogP contribution in [0.25, 0.3) is 0 Å². The van der Waals surface area contributed by atoms with Gasteiger partial charge in [0.2, 0.25) is 6.43 Å². The van der Waals surface area contributed by atoms with E-state index in [2.05, 4.69) is 6.92 Å². The van der Waals surface area contributed by atoms with E-state index >= 15 is 0 Å². The van der Waals surface area contributed by atoms with Crippen molar-refractivity contribution in [3.05, 3.63) is 0 Å². The Morgan fingerprint density at radius 2 is 1.94 bits per heavy atom. The molecule has 0 saturated carbocycles. The van der Waals surface area contributed by atoms with Gasteiger partial charge in [0, 0.05) is 6.42 Å². The molecule has 0 aromatic rings. The molecule has 0 fully saturated rings. The molecule has 0 rings (SSSR count). The molecule has 0 aromatic carbocycles. The molecule has 0 bridgehead atoms. The highest BCUT2D eigenvalue weighted by atomic mass is 32.2. The highest BCUT2D eigenvalue weighted by molar-refractivity contribution is 8.00. The maximum atomic E-state index is 11.9. The minimum absolute atomic E-state index is 0.0432. The van der Waals surface area contributed by atoms with Gasteiger partial charge in [-0.3, -0.25) is 4.79 Å². The Morgan fingerprint density at radius 1 is 1.24 bits per heavy atom. The summed E-state index contributed by atoms with van der Waals surface area (Å²) in [6.07, 6.45) is 1.84. The topological polar surface area (TPSA) is 26.3 Å². The van der Waals surface area contributed by atoms with E-state index in [0.29, 0.717) is 6.42 Å². The van der Waals surface area contributed by atoms with Gasteiger partial charge in [-0.1, -0.05) is 19.8 Å². The van der Waals surface area contributed by atoms with E-state index in [1.54, 1.807) is 0 Å². The predicted molar refractivity (Wildman–Crippen MR) is 67.6 cm³/mol. The molecule has 0 spiro atoms. The lowest BCUT2D eigenvalue weighted by atomic mass is 10.2. The first-order valence-electron chi connectivity index (χ1n) is 6.09. The number of halogens is 2. The molecule has 0 aliphatic rings. The van der Waals surface area contributed by atoms with E-state index < -0.39 is 6.43 Å². The predicted octanol–water partition coefficient (Wildman–Crippen LogP) is 3.89. The van der Waals surface area contributed by atoms with Gasteiger partial charge < -0.3 is 4.74 Å². The Kier molecular flexibility index (Phi) is 10.6. The lowest BCUT2D eigenvalue weighted by Crippen LogP contribution is -2.19. The molecule has 1 atom stereocenters. The van der Waals surface area contributed by atoms with Crippen LogP contribution in [0.3, 0.4) is 0 Å². The van der Waals surface area contributed by atoms with Crippen LogP contribution >= 0.6 is 11.8 Å². The molecule has 0 aliphatic carbocycles. The molecule has 0 heterocycles. The van der Waals surface area contributed by atoms with Crippen molar-refractivity contribution in [2.75, 3.05) is 12.9 Å². The fraction of sp³-hybridized carbons (Fsp3) is 0.917. The normalized spacial score (nSPS) is 12.8. The lowest BCUT2D eigenvalue weighted by molar-refractivity contribution is -0.140. The second kappa shape index (κ2) is 10.8. The summed E-state index contributed by atoms with van der Waals surface area (Å²) in [5, 5.41) is -0.133. The van der Waals surface area contributed by atoms with Crippen LogP contribution < -0.4 is 0 Å². The third-order valence-corrected chi connectivity index (χ3v) is 3.77. The van der Waals surface area contributed by atoms with Gasteiger partial charge in [0.15, 0.2) is 0 Å². The molecule has 17 heavy (non-hydrogen) atoms. The maximum absolute atomic E-state index is 11.9. The van der Waals surface area contributed by atoms with Gasteiger partial charge >= 0.3 is 5.97 Å². The van der Waals surface area contributed by atoms with Crippen LogP contribution in [0.2, 0.25) is 0 Å². The quantitative estimate of drug-likeness (QED) is 0.444. The minimum atomic E-state index is -2.21. The fourth-order valence-electron chi connectivity index (χ4n) is 1.42. The number of carbonyl (C=O) groups excluding carboxylic acids is 1. The van der Waals surface area contributed by atoms with Crippen LogP contribution in [0.5, 0.6) is 0 Å². The number of unbranched alkanes of at least 4 members (excludes halogenated alkanes) is 2. The lowest BCUT2D eigenvalue weighted by Gasteiger charge is -2.13. The van der Waals surface area contributed by atoms with Crippen molar-refractivity contribution in [1.82, 2.24) is 0 Å². The second-order valence-electron chi connectivity index (χ2n) is 3.91. The first-order valence-corrected chi connectivity index (χ1v) is 7.14. The Balaban J connectivity index is 3.71. The Labute approximate surface area is 106 Å². The Bertz CT molecular complexity index is 201. The molecule has 0 N–H and O–H groups in total. The average molecular weight is 268 g/mol. The van der Waals surface area contributed by atoms with Crippen LogP contribution in [0.1, 0.15) is 45.4 Å². The summed E-state index contributed by atoms with van der Waals surface area (Å²) in [6.45, 7) is 2.07. The standard InChI is InChI=1S/C12H22F2O2S/c1-3-4-7-10(12(15)16-2)17-9-6-5-8-11(13)14/h10-11H,3-9H2,1-2H3. The summed E-state index contributed by atoms with van der Waals surface area (Å²) in [6, 6.07) is 0. The van der Waals surface area contributed by atoms with Gasteiger partial charge in [-0.2, -0.15) is 0 Å². The Morgan fingerprint density at radius 3 is 2.47 bits per heavy atom. The first kappa shape index (κ1) is 16.7. The summed E-state index contributed by atoms with van der Waals surface area (Å²) < 4.78 is 28.5. The van der Waals surface area contributed by atoms with Crippen molar-refractivity contribution >= 4 is 17.7 Å². The van der Waals surface area contributed by atoms with E-state index in [0.717, 1.165) is 31.4 Å². The second-order valence-corrected chi connectivity index (χ2v) is 5.22.